The van der Waals surface area contributed by atoms with Crippen molar-refractivity contribution >= 4 is 54.7 Å². The topological polar surface area (TPSA) is 70.4 Å². The van der Waals surface area contributed by atoms with Crippen molar-refractivity contribution in [2.75, 3.05) is 5.43 Å². The number of rotatable bonds is 3. The van der Waals surface area contributed by atoms with Crippen LogP contribution in [0.25, 0.3) is 10.8 Å². The van der Waals surface area contributed by atoms with E-state index in [9.17, 15) is 5.11 Å². The lowest BCUT2D eigenvalue weighted by atomic mass is 10.2. The number of halogens is 2. The van der Waals surface area contributed by atoms with Crippen LogP contribution in [0, 0.1) is 0 Å². The lowest BCUT2D eigenvalue weighted by Gasteiger charge is -2.04. The summed E-state index contributed by atoms with van der Waals surface area (Å²) in [4.78, 5) is 0. The fraction of sp³-hybridized carbons (Fsp3) is 0. The van der Waals surface area contributed by atoms with Gasteiger partial charge in [-0.05, 0) is 49.6 Å². The number of aromatic nitrogens is 2. The summed E-state index contributed by atoms with van der Waals surface area (Å²) in [5, 5.41) is 23.8. The van der Waals surface area contributed by atoms with Crippen LogP contribution in [0.15, 0.2) is 56.6 Å². The van der Waals surface area contributed by atoms with Gasteiger partial charge >= 0.3 is 0 Å². The van der Waals surface area contributed by atoms with E-state index >= 15 is 0 Å². The van der Waals surface area contributed by atoms with Crippen molar-refractivity contribution in [3.05, 3.63) is 57.1 Å². The lowest BCUT2D eigenvalue weighted by Crippen LogP contribution is -1.96. The standard InChI is InChI=1S/C15H10Br2N4O/c16-12-5-9(6-13(17)14(12)22)7-18-20-15-11-4-2-1-3-10(11)8-19-21-15/h1-8,22H,(H,20,21). The third-order valence-corrected chi connectivity index (χ3v) is 4.20. The highest BCUT2D eigenvalue weighted by molar-refractivity contribution is 9.11. The van der Waals surface area contributed by atoms with Crippen LogP contribution < -0.4 is 5.43 Å². The Morgan fingerprint density at radius 3 is 2.64 bits per heavy atom. The van der Waals surface area contributed by atoms with Crippen LogP contribution in [0.3, 0.4) is 0 Å². The quantitative estimate of drug-likeness (QED) is 0.488. The van der Waals surface area contributed by atoms with E-state index < -0.39 is 0 Å². The lowest BCUT2D eigenvalue weighted by molar-refractivity contribution is 0.468. The molecule has 2 aromatic carbocycles. The van der Waals surface area contributed by atoms with Crippen molar-refractivity contribution in [1.29, 1.82) is 0 Å². The second-order valence-corrected chi connectivity index (χ2v) is 6.19. The zero-order valence-electron chi connectivity index (χ0n) is 11.2. The molecule has 7 heteroatoms. The van der Waals surface area contributed by atoms with E-state index in [1.54, 1.807) is 24.5 Å². The third kappa shape index (κ3) is 3.10. The molecule has 1 aromatic heterocycles. The van der Waals surface area contributed by atoms with Crippen LogP contribution in [0.1, 0.15) is 5.56 Å². The Kier molecular flexibility index (Phi) is 4.35. The molecule has 0 unspecified atom stereocenters. The van der Waals surface area contributed by atoms with Crippen molar-refractivity contribution in [1.82, 2.24) is 10.2 Å². The van der Waals surface area contributed by atoms with Crippen LogP contribution in [-0.2, 0) is 0 Å². The smallest absolute Gasteiger partial charge is 0.176 e. The van der Waals surface area contributed by atoms with E-state index in [4.69, 9.17) is 0 Å². The molecule has 1 heterocycles. The number of fused-ring (bicyclic) bond motifs is 1. The first-order chi connectivity index (χ1) is 10.6. The average Bonchev–Trinajstić information content (AvgIpc) is 2.53. The third-order valence-electron chi connectivity index (χ3n) is 2.99. The van der Waals surface area contributed by atoms with Gasteiger partial charge in [0.1, 0.15) is 5.75 Å². The van der Waals surface area contributed by atoms with Gasteiger partial charge in [0.05, 0.1) is 21.4 Å². The Morgan fingerprint density at radius 1 is 1.14 bits per heavy atom. The molecular weight excluding hydrogens is 412 g/mol. The second-order valence-electron chi connectivity index (χ2n) is 4.48. The Bertz CT molecular complexity index is 839. The minimum absolute atomic E-state index is 0.157. The van der Waals surface area contributed by atoms with E-state index in [-0.39, 0.29) is 5.75 Å². The first kappa shape index (κ1) is 14.9. The number of hydrazone groups is 1. The van der Waals surface area contributed by atoms with Crippen LogP contribution in [0.4, 0.5) is 5.82 Å². The fourth-order valence-corrected chi connectivity index (χ4v) is 3.16. The van der Waals surface area contributed by atoms with Crippen molar-refractivity contribution in [3.63, 3.8) is 0 Å². The Hall–Kier alpha value is -1.99. The number of hydrogen-bond acceptors (Lipinski definition) is 5. The number of phenols is 1. The summed E-state index contributed by atoms with van der Waals surface area (Å²) < 4.78 is 1.18. The van der Waals surface area contributed by atoms with Gasteiger partial charge in [-0.25, -0.2) is 0 Å². The zero-order chi connectivity index (χ0) is 15.5. The fourth-order valence-electron chi connectivity index (χ4n) is 1.94. The number of phenolic OH excluding ortho intramolecular Hbond substituents is 1. The van der Waals surface area contributed by atoms with E-state index in [0.717, 1.165) is 16.3 Å². The molecule has 3 aromatic rings. The summed E-state index contributed by atoms with van der Waals surface area (Å²) in [6.45, 7) is 0. The highest BCUT2D eigenvalue weighted by atomic mass is 79.9. The van der Waals surface area contributed by atoms with Gasteiger partial charge in [-0.1, -0.05) is 24.3 Å². The molecule has 0 aliphatic heterocycles. The van der Waals surface area contributed by atoms with Gasteiger partial charge < -0.3 is 5.11 Å². The van der Waals surface area contributed by atoms with Crippen molar-refractivity contribution < 1.29 is 5.11 Å². The molecular formula is C15H10Br2N4O. The summed E-state index contributed by atoms with van der Waals surface area (Å²) in [6.07, 6.45) is 3.34. The molecule has 0 fully saturated rings. The largest absolute Gasteiger partial charge is 0.506 e. The van der Waals surface area contributed by atoms with Gasteiger partial charge in [0.2, 0.25) is 0 Å². The first-order valence-corrected chi connectivity index (χ1v) is 7.91. The molecule has 3 rings (SSSR count). The molecule has 0 saturated heterocycles. The number of anilines is 1. The monoisotopic (exact) mass is 420 g/mol. The van der Waals surface area contributed by atoms with Crippen LogP contribution in [0.2, 0.25) is 0 Å². The number of hydrogen-bond donors (Lipinski definition) is 2. The van der Waals surface area contributed by atoms with Crippen LogP contribution in [0.5, 0.6) is 5.75 Å². The second kappa shape index (κ2) is 6.41. The highest BCUT2D eigenvalue weighted by Gasteiger charge is 2.05. The summed E-state index contributed by atoms with van der Waals surface area (Å²) >= 11 is 6.56. The molecule has 0 spiro atoms. The van der Waals surface area contributed by atoms with Crippen molar-refractivity contribution in [2.45, 2.75) is 0 Å². The molecule has 22 heavy (non-hydrogen) atoms. The van der Waals surface area contributed by atoms with Crippen LogP contribution in [-0.4, -0.2) is 21.5 Å². The van der Waals surface area contributed by atoms with Gasteiger partial charge in [0.15, 0.2) is 5.82 Å². The molecule has 0 radical (unpaired) electrons. The predicted octanol–water partition coefficient (Wildman–Crippen LogP) is 4.31. The maximum atomic E-state index is 9.68. The molecule has 0 atom stereocenters. The Morgan fingerprint density at radius 2 is 1.86 bits per heavy atom. The zero-order valence-corrected chi connectivity index (χ0v) is 14.3. The normalized spacial score (nSPS) is 11.2. The molecule has 0 bridgehead atoms. The molecule has 0 aliphatic carbocycles. The number of aromatic hydroxyl groups is 1. The average molecular weight is 422 g/mol. The number of nitrogens with zero attached hydrogens (tertiary/aromatic N) is 3. The van der Waals surface area contributed by atoms with Crippen LogP contribution >= 0.6 is 31.9 Å². The minimum atomic E-state index is 0.157. The van der Waals surface area contributed by atoms with Gasteiger partial charge in [-0.2, -0.15) is 10.2 Å². The molecule has 0 saturated carbocycles. The predicted molar refractivity (Wildman–Crippen MR) is 94.3 cm³/mol. The van der Waals surface area contributed by atoms with E-state index in [1.807, 2.05) is 24.3 Å². The highest BCUT2D eigenvalue weighted by Crippen LogP contribution is 2.32. The number of benzene rings is 2. The Labute approximate surface area is 143 Å². The summed E-state index contributed by atoms with van der Waals surface area (Å²) in [5.41, 5.74) is 3.71. The maximum absolute atomic E-state index is 9.68. The molecule has 0 amide bonds. The maximum Gasteiger partial charge on any atom is 0.176 e. The van der Waals surface area contributed by atoms with Gasteiger partial charge in [-0.15, -0.1) is 5.10 Å². The molecule has 2 N–H and O–H groups in total. The molecule has 0 aliphatic rings. The van der Waals surface area contributed by atoms with Gasteiger partial charge in [0.25, 0.3) is 0 Å². The molecule has 110 valence electrons. The minimum Gasteiger partial charge on any atom is -0.506 e. The van der Waals surface area contributed by atoms with E-state index in [2.05, 4.69) is 52.6 Å². The van der Waals surface area contributed by atoms with Crippen molar-refractivity contribution in [3.8, 4) is 5.75 Å². The molecule has 5 nitrogen and oxygen atoms in total. The Balaban J connectivity index is 1.85. The van der Waals surface area contributed by atoms with Gasteiger partial charge in [-0.3, -0.25) is 5.43 Å². The van der Waals surface area contributed by atoms with Crippen molar-refractivity contribution in [2.24, 2.45) is 5.10 Å². The first-order valence-electron chi connectivity index (χ1n) is 6.32. The van der Waals surface area contributed by atoms with E-state index in [1.165, 1.54) is 0 Å². The summed E-state index contributed by atoms with van der Waals surface area (Å²) in [6, 6.07) is 11.3. The number of nitrogens with one attached hydrogen (secondary N) is 1. The van der Waals surface area contributed by atoms with E-state index in [0.29, 0.717) is 14.8 Å². The van der Waals surface area contributed by atoms with Gasteiger partial charge in [0, 0.05) is 10.8 Å². The summed E-state index contributed by atoms with van der Waals surface area (Å²) in [5.74, 6) is 0.747. The summed E-state index contributed by atoms with van der Waals surface area (Å²) in [7, 11) is 0. The SMILES string of the molecule is Oc1c(Br)cc(C=NNc2nncc3ccccc23)cc1Br.